The van der Waals surface area contributed by atoms with Gasteiger partial charge in [-0.25, -0.2) is 0 Å². The van der Waals surface area contributed by atoms with Gasteiger partial charge in [0.15, 0.2) is 0 Å². The lowest BCUT2D eigenvalue weighted by Crippen LogP contribution is -2.44. The molecule has 0 spiro atoms. The number of piperidine rings is 1. The van der Waals surface area contributed by atoms with Crippen LogP contribution in [-0.2, 0) is 16.1 Å². The second kappa shape index (κ2) is 6.11. The van der Waals surface area contributed by atoms with Crippen LogP contribution in [0, 0.1) is 0 Å². The predicted molar refractivity (Wildman–Crippen MR) is 78.6 cm³/mol. The maximum absolute atomic E-state index is 12.4. The van der Waals surface area contributed by atoms with E-state index in [0.29, 0.717) is 12.2 Å². The molecule has 19 heavy (non-hydrogen) atoms. The number of anilines is 1. The first kappa shape index (κ1) is 14.6. The van der Waals surface area contributed by atoms with Gasteiger partial charge in [-0.05, 0) is 31.4 Å². The molecular formula is C13H19ClN2O2S. The van der Waals surface area contributed by atoms with Crippen molar-refractivity contribution in [3.05, 3.63) is 29.8 Å². The molecule has 1 aromatic carbocycles. The Hall–Kier alpha value is -0.780. The Kier molecular flexibility index (Phi) is 4.71. The van der Waals surface area contributed by atoms with Gasteiger partial charge in [0, 0.05) is 18.5 Å². The average Bonchev–Trinajstić information content (AvgIpc) is 2.39. The SMILES string of the molecule is CC1CCCCN1S(=O)(=O)Nc1ccccc1CCl. The van der Waals surface area contributed by atoms with Crippen molar-refractivity contribution in [3.63, 3.8) is 0 Å². The summed E-state index contributed by atoms with van der Waals surface area (Å²) < 4.78 is 29.0. The number of benzene rings is 1. The van der Waals surface area contributed by atoms with Crippen molar-refractivity contribution in [1.29, 1.82) is 0 Å². The van der Waals surface area contributed by atoms with E-state index in [1.54, 1.807) is 16.4 Å². The number of halogens is 1. The zero-order valence-electron chi connectivity index (χ0n) is 11.0. The van der Waals surface area contributed by atoms with Crippen LogP contribution < -0.4 is 4.72 Å². The number of nitrogens with one attached hydrogen (secondary N) is 1. The number of hydrogen-bond donors (Lipinski definition) is 1. The first-order valence-corrected chi connectivity index (χ1v) is 8.45. The number of hydrogen-bond acceptors (Lipinski definition) is 2. The fourth-order valence-corrected chi connectivity index (χ4v) is 4.14. The second-order valence-electron chi connectivity index (χ2n) is 4.85. The molecule has 0 amide bonds. The molecule has 106 valence electrons. The monoisotopic (exact) mass is 302 g/mol. The highest BCUT2D eigenvalue weighted by Crippen LogP contribution is 2.24. The molecule has 1 heterocycles. The summed E-state index contributed by atoms with van der Waals surface area (Å²) in [6.07, 6.45) is 2.92. The molecule has 0 aromatic heterocycles. The number of rotatable bonds is 4. The number of para-hydroxylation sites is 1. The number of alkyl halides is 1. The van der Waals surface area contributed by atoms with Gasteiger partial charge in [0.05, 0.1) is 5.69 Å². The van der Waals surface area contributed by atoms with E-state index in [0.717, 1.165) is 24.8 Å². The van der Waals surface area contributed by atoms with E-state index in [9.17, 15) is 8.42 Å². The van der Waals surface area contributed by atoms with Crippen LogP contribution in [0.15, 0.2) is 24.3 Å². The highest BCUT2D eigenvalue weighted by Gasteiger charge is 2.29. The topological polar surface area (TPSA) is 49.4 Å². The molecule has 4 nitrogen and oxygen atoms in total. The summed E-state index contributed by atoms with van der Waals surface area (Å²) in [7, 11) is -3.49. The Morgan fingerprint density at radius 3 is 2.79 bits per heavy atom. The summed E-state index contributed by atoms with van der Waals surface area (Å²) in [4.78, 5) is 0. The first-order chi connectivity index (χ1) is 9.04. The van der Waals surface area contributed by atoms with E-state index in [1.165, 1.54) is 0 Å². The summed E-state index contributed by atoms with van der Waals surface area (Å²) in [5.74, 6) is 0.286. The molecule has 1 aromatic rings. The van der Waals surface area contributed by atoms with Gasteiger partial charge in [-0.2, -0.15) is 12.7 Å². The van der Waals surface area contributed by atoms with Gasteiger partial charge in [0.2, 0.25) is 0 Å². The van der Waals surface area contributed by atoms with Crippen molar-refractivity contribution >= 4 is 27.5 Å². The smallest absolute Gasteiger partial charge is 0.271 e. The van der Waals surface area contributed by atoms with Crippen LogP contribution in [0.1, 0.15) is 31.7 Å². The van der Waals surface area contributed by atoms with Gasteiger partial charge in [-0.1, -0.05) is 24.6 Å². The van der Waals surface area contributed by atoms with Crippen molar-refractivity contribution in [2.24, 2.45) is 0 Å². The maximum Gasteiger partial charge on any atom is 0.301 e. The third-order valence-electron chi connectivity index (χ3n) is 3.45. The maximum atomic E-state index is 12.4. The van der Waals surface area contributed by atoms with Crippen LogP contribution in [0.2, 0.25) is 0 Å². The van der Waals surface area contributed by atoms with Gasteiger partial charge in [-0.3, -0.25) is 4.72 Å². The van der Waals surface area contributed by atoms with Crippen LogP contribution in [0.5, 0.6) is 0 Å². The lowest BCUT2D eigenvalue weighted by Gasteiger charge is -2.32. The van der Waals surface area contributed by atoms with Crippen LogP contribution >= 0.6 is 11.6 Å². The van der Waals surface area contributed by atoms with Crippen molar-refractivity contribution in [2.75, 3.05) is 11.3 Å². The Balaban J connectivity index is 2.21. The normalized spacial score (nSPS) is 21.3. The fourth-order valence-electron chi connectivity index (χ4n) is 2.36. The molecule has 0 aliphatic carbocycles. The largest absolute Gasteiger partial charge is 0.301 e. The third kappa shape index (κ3) is 3.41. The minimum Gasteiger partial charge on any atom is -0.271 e. The molecule has 1 saturated heterocycles. The van der Waals surface area contributed by atoms with Gasteiger partial charge in [0.25, 0.3) is 0 Å². The first-order valence-electron chi connectivity index (χ1n) is 6.48. The van der Waals surface area contributed by atoms with Crippen molar-refractivity contribution in [2.45, 2.75) is 38.1 Å². The van der Waals surface area contributed by atoms with E-state index in [1.807, 2.05) is 19.1 Å². The molecular weight excluding hydrogens is 284 g/mol. The third-order valence-corrected chi connectivity index (χ3v) is 5.38. The average molecular weight is 303 g/mol. The molecule has 2 rings (SSSR count). The second-order valence-corrected chi connectivity index (χ2v) is 6.74. The van der Waals surface area contributed by atoms with Crippen LogP contribution in [0.3, 0.4) is 0 Å². The van der Waals surface area contributed by atoms with Gasteiger partial charge in [-0.15, -0.1) is 11.6 Å². The predicted octanol–water partition coefficient (Wildman–Crippen LogP) is 2.96. The summed E-state index contributed by atoms with van der Waals surface area (Å²) in [5.41, 5.74) is 1.35. The van der Waals surface area contributed by atoms with E-state index in [-0.39, 0.29) is 11.9 Å². The molecule has 1 aliphatic heterocycles. The minimum atomic E-state index is -3.49. The van der Waals surface area contributed by atoms with Gasteiger partial charge >= 0.3 is 10.2 Å². The molecule has 6 heteroatoms. The molecule has 1 unspecified atom stereocenters. The standard InChI is InChI=1S/C13H19ClN2O2S/c1-11-6-4-5-9-16(11)19(17,18)15-13-8-3-2-7-12(13)10-14/h2-3,7-8,11,15H,4-6,9-10H2,1H3. The highest BCUT2D eigenvalue weighted by molar-refractivity contribution is 7.90. The zero-order chi connectivity index (χ0) is 13.9. The molecule has 0 bridgehead atoms. The molecule has 1 fully saturated rings. The quantitative estimate of drug-likeness (QED) is 0.869. The summed E-state index contributed by atoms with van der Waals surface area (Å²) in [5, 5.41) is 0. The van der Waals surface area contributed by atoms with E-state index in [2.05, 4.69) is 4.72 Å². The molecule has 1 aliphatic rings. The van der Waals surface area contributed by atoms with Crippen molar-refractivity contribution in [1.82, 2.24) is 4.31 Å². The molecule has 1 atom stereocenters. The summed E-state index contributed by atoms with van der Waals surface area (Å²) >= 11 is 5.83. The Bertz CT molecular complexity index is 533. The Morgan fingerprint density at radius 1 is 1.37 bits per heavy atom. The molecule has 0 radical (unpaired) electrons. The van der Waals surface area contributed by atoms with E-state index >= 15 is 0 Å². The van der Waals surface area contributed by atoms with Crippen LogP contribution in [-0.4, -0.2) is 25.3 Å². The Morgan fingerprint density at radius 2 is 2.11 bits per heavy atom. The minimum absolute atomic E-state index is 0.0504. The number of nitrogens with zero attached hydrogens (tertiary/aromatic N) is 1. The lowest BCUT2D eigenvalue weighted by atomic mass is 10.1. The van der Waals surface area contributed by atoms with E-state index in [4.69, 9.17) is 11.6 Å². The van der Waals surface area contributed by atoms with Crippen LogP contribution in [0.25, 0.3) is 0 Å². The zero-order valence-corrected chi connectivity index (χ0v) is 12.5. The summed E-state index contributed by atoms with van der Waals surface area (Å²) in [6.45, 7) is 2.53. The molecule has 0 saturated carbocycles. The van der Waals surface area contributed by atoms with Crippen molar-refractivity contribution in [3.8, 4) is 0 Å². The van der Waals surface area contributed by atoms with Gasteiger partial charge in [0.1, 0.15) is 0 Å². The highest BCUT2D eigenvalue weighted by atomic mass is 35.5. The fraction of sp³-hybridized carbons (Fsp3) is 0.538. The van der Waals surface area contributed by atoms with Crippen molar-refractivity contribution < 1.29 is 8.42 Å². The Labute approximate surface area is 119 Å². The van der Waals surface area contributed by atoms with E-state index < -0.39 is 10.2 Å². The van der Waals surface area contributed by atoms with Gasteiger partial charge < -0.3 is 0 Å². The lowest BCUT2D eigenvalue weighted by molar-refractivity contribution is 0.270. The van der Waals surface area contributed by atoms with Crippen LogP contribution in [0.4, 0.5) is 5.69 Å². The molecule has 1 N–H and O–H groups in total. The summed E-state index contributed by atoms with van der Waals surface area (Å²) in [6, 6.07) is 7.26.